The summed E-state index contributed by atoms with van der Waals surface area (Å²) in [4.78, 5) is 10.7. The van der Waals surface area contributed by atoms with Crippen LogP contribution >= 0.6 is 0 Å². The van der Waals surface area contributed by atoms with Gasteiger partial charge in [-0.25, -0.2) is 4.79 Å². The fraction of sp³-hybridized carbons (Fsp3) is 0.700. The fourth-order valence-electron chi connectivity index (χ4n) is 0.872. The molecule has 0 spiro atoms. The van der Waals surface area contributed by atoms with Gasteiger partial charge in [0.15, 0.2) is 6.10 Å². The van der Waals surface area contributed by atoms with E-state index in [2.05, 4.69) is 6.58 Å². The summed E-state index contributed by atoms with van der Waals surface area (Å²) in [6.07, 6.45) is 1.04. The molecule has 0 aromatic heterocycles. The van der Waals surface area contributed by atoms with E-state index < -0.39 is 12.1 Å². The highest BCUT2D eigenvalue weighted by Crippen LogP contribution is 2.09. The van der Waals surface area contributed by atoms with Crippen molar-refractivity contribution in [2.24, 2.45) is 11.8 Å². The first-order valence-corrected chi connectivity index (χ1v) is 4.46. The van der Waals surface area contributed by atoms with Crippen molar-refractivity contribution in [3.63, 3.8) is 0 Å². The van der Waals surface area contributed by atoms with Crippen LogP contribution in [0.25, 0.3) is 0 Å². The highest BCUT2D eigenvalue weighted by molar-refractivity contribution is 5.72. The van der Waals surface area contributed by atoms with Crippen LogP contribution in [0.2, 0.25) is 0 Å². The van der Waals surface area contributed by atoms with Gasteiger partial charge in [0.05, 0.1) is 6.61 Å². The van der Waals surface area contributed by atoms with Gasteiger partial charge >= 0.3 is 5.97 Å². The average molecular weight is 186 g/mol. The van der Waals surface area contributed by atoms with Crippen molar-refractivity contribution < 1.29 is 14.6 Å². The minimum absolute atomic E-state index is 0.00508. The molecule has 0 fully saturated rings. The van der Waals surface area contributed by atoms with Crippen molar-refractivity contribution in [1.29, 1.82) is 0 Å². The lowest BCUT2D eigenvalue weighted by atomic mass is 10.1. The maximum Gasteiger partial charge on any atom is 0.333 e. The van der Waals surface area contributed by atoms with Crippen LogP contribution in [0.4, 0.5) is 0 Å². The third-order valence-corrected chi connectivity index (χ3v) is 1.79. The van der Waals surface area contributed by atoms with E-state index in [1.807, 2.05) is 20.8 Å². The molecule has 2 unspecified atom stereocenters. The molecule has 0 aliphatic heterocycles. The van der Waals surface area contributed by atoms with Crippen LogP contribution in [0.3, 0.4) is 0 Å². The molecule has 0 rings (SSSR count). The second-order valence-electron chi connectivity index (χ2n) is 3.55. The van der Waals surface area contributed by atoms with Gasteiger partial charge in [0.1, 0.15) is 0 Å². The molecule has 0 aliphatic rings. The molecule has 0 amide bonds. The molecular formula is C10H18O3. The van der Waals surface area contributed by atoms with Crippen molar-refractivity contribution >= 4 is 5.97 Å². The molecule has 0 bridgehead atoms. The molecule has 2 atom stereocenters. The Morgan fingerprint density at radius 1 is 1.54 bits per heavy atom. The molecule has 0 saturated carbocycles. The van der Waals surface area contributed by atoms with Crippen molar-refractivity contribution in [3.8, 4) is 0 Å². The van der Waals surface area contributed by atoms with Gasteiger partial charge in [0.2, 0.25) is 0 Å². The number of carboxylic acids is 1. The van der Waals surface area contributed by atoms with Crippen LogP contribution in [0.15, 0.2) is 12.7 Å². The minimum atomic E-state index is -0.897. The third-order valence-electron chi connectivity index (χ3n) is 1.79. The van der Waals surface area contributed by atoms with E-state index in [-0.39, 0.29) is 11.8 Å². The van der Waals surface area contributed by atoms with Gasteiger partial charge in [0.25, 0.3) is 0 Å². The van der Waals surface area contributed by atoms with Gasteiger partial charge in [-0.3, -0.25) is 0 Å². The van der Waals surface area contributed by atoms with Gasteiger partial charge in [-0.2, -0.15) is 0 Å². The van der Waals surface area contributed by atoms with Crippen LogP contribution in [0.1, 0.15) is 20.8 Å². The molecule has 0 aliphatic carbocycles. The molecule has 0 saturated heterocycles. The summed E-state index contributed by atoms with van der Waals surface area (Å²) in [6, 6.07) is 0. The van der Waals surface area contributed by atoms with Crippen LogP contribution in [0, 0.1) is 11.8 Å². The van der Waals surface area contributed by atoms with E-state index >= 15 is 0 Å². The van der Waals surface area contributed by atoms with E-state index in [0.29, 0.717) is 6.61 Å². The third kappa shape index (κ3) is 4.68. The number of carbonyl (C=O) groups is 1. The van der Waals surface area contributed by atoms with E-state index in [0.717, 1.165) is 0 Å². The summed E-state index contributed by atoms with van der Waals surface area (Å²) in [5, 5.41) is 8.78. The topological polar surface area (TPSA) is 46.5 Å². The Hall–Kier alpha value is -0.830. The summed E-state index contributed by atoms with van der Waals surface area (Å²) in [5.41, 5.74) is 0. The Morgan fingerprint density at radius 3 is 2.38 bits per heavy atom. The zero-order chi connectivity index (χ0) is 10.4. The number of carboxylic acid groups (broad SMARTS) is 1. The molecule has 1 N–H and O–H groups in total. The predicted octanol–water partition coefficient (Wildman–Crippen LogP) is 1.93. The van der Waals surface area contributed by atoms with Gasteiger partial charge in [0, 0.05) is 0 Å². The number of hydrogen-bond acceptors (Lipinski definition) is 2. The van der Waals surface area contributed by atoms with Crippen molar-refractivity contribution in [2.45, 2.75) is 26.9 Å². The number of aliphatic carboxylic acids is 1. The fourth-order valence-corrected chi connectivity index (χ4v) is 0.872. The monoisotopic (exact) mass is 186 g/mol. The smallest absolute Gasteiger partial charge is 0.333 e. The largest absolute Gasteiger partial charge is 0.479 e. The van der Waals surface area contributed by atoms with E-state index in [1.54, 1.807) is 6.08 Å². The Bertz CT molecular complexity index is 175. The molecule has 3 heteroatoms. The maximum absolute atomic E-state index is 10.7. The SMILES string of the molecule is C=CC(C)COC(C(=O)O)C(C)C. The number of ether oxygens (including phenoxy) is 1. The lowest BCUT2D eigenvalue weighted by Gasteiger charge is -2.18. The zero-order valence-electron chi connectivity index (χ0n) is 8.49. The molecule has 0 radical (unpaired) electrons. The second kappa shape index (κ2) is 5.75. The van der Waals surface area contributed by atoms with Crippen LogP contribution in [0.5, 0.6) is 0 Å². The van der Waals surface area contributed by atoms with E-state index in [1.165, 1.54) is 0 Å². The second-order valence-corrected chi connectivity index (χ2v) is 3.55. The normalized spacial score (nSPS) is 15.4. The van der Waals surface area contributed by atoms with Gasteiger partial charge in [-0.1, -0.05) is 26.8 Å². The van der Waals surface area contributed by atoms with Gasteiger partial charge in [-0.05, 0) is 11.8 Å². The number of rotatable bonds is 6. The molecule has 76 valence electrons. The zero-order valence-corrected chi connectivity index (χ0v) is 8.49. The molecular weight excluding hydrogens is 168 g/mol. The maximum atomic E-state index is 10.7. The van der Waals surface area contributed by atoms with Gasteiger partial charge < -0.3 is 9.84 Å². The highest BCUT2D eigenvalue weighted by Gasteiger charge is 2.22. The molecule has 13 heavy (non-hydrogen) atoms. The minimum Gasteiger partial charge on any atom is -0.479 e. The Morgan fingerprint density at radius 2 is 2.08 bits per heavy atom. The van der Waals surface area contributed by atoms with Crippen LogP contribution < -0.4 is 0 Å². The first kappa shape index (κ1) is 12.2. The lowest BCUT2D eigenvalue weighted by Crippen LogP contribution is -2.30. The predicted molar refractivity (Wildman–Crippen MR) is 51.6 cm³/mol. The lowest BCUT2D eigenvalue weighted by molar-refractivity contribution is -0.154. The summed E-state index contributed by atoms with van der Waals surface area (Å²) in [5.74, 6) is -0.707. The molecule has 0 aromatic carbocycles. The molecule has 0 aromatic rings. The van der Waals surface area contributed by atoms with Crippen molar-refractivity contribution in [1.82, 2.24) is 0 Å². The molecule has 0 heterocycles. The standard InChI is InChI=1S/C10H18O3/c1-5-8(4)6-13-9(7(2)3)10(11)12/h5,7-9H,1,6H2,2-4H3,(H,11,12). The first-order chi connectivity index (χ1) is 5.99. The number of hydrogen-bond donors (Lipinski definition) is 1. The Balaban J connectivity index is 3.97. The van der Waals surface area contributed by atoms with Crippen LogP contribution in [-0.2, 0) is 9.53 Å². The van der Waals surface area contributed by atoms with Gasteiger partial charge in [-0.15, -0.1) is 6.58 Å². The average Bonchev–Trinajstić information content (AvgIpc) is 2.03. The summed E-state index contributed by atoms with van der Waals surface area (Å²) in [7, 11) is 0. The Labute approximate surface area is 79.4 Å². The summed E-state index contributed by atoms with van der Waals surface area (Å²) < 4.78 is 5.25. The summed E-state index contributed by atoms with van der Waals surface area (Å²) >= 11 is 0. The van der Waals surface area contributed by atoms with Crippen LogP contribution in [-0.4, -0.2) is 23.8 Å². The van der Waals surface area contributed by atoms with E-state index in [9.17, 15) is 4.79 Å². The van der Waals surface area contributed by atoms with Crippen molar-refractivity contribution in [3.05, 3.63) is 12.7 Å². The highest BCUT2D eigenvalue weighted by atomic mass is 16.5. The Kier molecular flexibility index (Phi) is 5.39. The molecule has 3 nitrogen and oxygen atoms in total. The van der Waals surface area contributed by atoms with Crippen molar-refractivity contribution in [2.75, 3.05) is 6.61 Å². The van der Waals surface area contributed by atoms with E-state index in [4.69, 9.17) is 9.84 Å². The summed E-state index contributed by atoms with van der Waals surface area (Å²) in [6.45, 7) is 9.61. The quantitative estimate of drug-likeness (QED) is 0.645. The first-order valence-electron chi connectivity index (χ1n) is 4.46.